The fraction of sp³-hybridized carbons (Fsp3) is 0.333. The van der Waals surface area contributed by atoms with Crippen LogP contribution in [0, 0.1) is 5.82 Å². The van der Waals surface area contributed by atoms with E-state index in [1.807, 2.05) is 12.1 Å². The van der Waals surface area contributed by atoms with Crippen molar-refractivity contribution in [1.82, 2.24) is 0 Å². The summed E-state index contributed by atoms with van der Waals surface area (Å²) in [7, 11) is 0. The summed E-state index contributed by atoms with van der Waals surface area (Å²) < 4.78 is 15.1. The molecule has 0 aliphatic carbocycles. The quantitative estimate of drug-likeness (QED) is 0.450. The van der Waals surface area contributed by atoms with E-state index in [9.17, 15) is 0 Å². The Kier molecular flexibility index (Phi) is 5.90. The Morgan fingerprint density at radius 2 is 1.42 bits per heavy atom. The van der Waals surface area contributed by atoms with Gasteiger partial charge in [0, 0.05) is 46.8 Å². The number of benzene rings is 3. The predicted octanol–water partition coefficient (Wildman–Crippen LogP) is 7.06. The molecule has 1 aliphatic rings. The van der Waals surface area contributed by atoms with Gasteiger partial charge in [0.2, 0.25) is 0 Å². The van der Waals surface area contributed by atoms with Crippen molar-refractivity contribution in [3.8, 4) is 11.1 Å². The zero-order valence-electron chi connectivity index (χ0n) is 19.0. The third-order valence-corrected chi connectivity index (χ3v) is 5.71. The molecular weight excluding hydrogens is 384 g/mol. The fourth-order valence-electron chi connectivity index (χ4n) is 4.57. The monoisotopic (exact) mass is 416 g/mol. The lowest BCUT2D eigenvalue weighted by molar-refractivity contribution is 0.586. The second kappa shape index (κ2) is 8.62. The van der Waals surface area contributed by atoms with Crippen molar-refractivity contribution >= 4 is 17.1 Å². The molecule has 1 aliphatic heterocycles. The zero-order valence-corrected chi connectivity index (χ0v) is 19.0. The molecule has 4 rings (SSSR count). The molecule has 0 bridgehead atoms. The van der Waals surface area contributed by atoms with E-state index in [0.29, 0.717) is 17.6 Å². The molecule has 0 amide bonds. The van der Waals surface area contributed by atoms with Gasteiger partial charge in [0.05, 0.1) is 6.04 Å². The first kappa shape index (κ1) is 21.2. The minimum absolute atomic E-state index is 0.168. The lowest BCUT2D eigenvalue weighted by Gasteiger charge is -2.40. The van der Waals surface area contributed by atoms with Crippen LogP contribution in [0.1, 0.15) is 51.8 Å². The van der Waals surface area contributed by atoms with Crippen LogP contribution in [0.2, 0.25) is 0 Å². The van der Waals surface area contributed by atoms with E-state index in [2.05, 4.69) is 86.6 Å². The van der Waals surface area contributed by atoms with Gasteiger partial charge >= 0.3 is 0 Å². The first-order valence-electron chi connectivity index (χ1n) is 11.2. The Labute approximate surface area is 185 Å². The zero-order chi connectivity index (χ0) is 22.1. The molecule has 3 aromatic carbocycles. The SMILES string of the molecule is CCN1c2cc(NC(C)C)ccc2-c2ccc(NC(C)C)cc2C1c1ccccc1[18F]. The van der Waals surface area contributed by atoms with Gasteiger partial charge in [-0.3, -0.25) is 0 Å². The van der Waals surface area contributed by atoms with Gasteiger partial charge < -0.3 is 15.5 Å². The number of nitrogens with zero attached hydrogens (tertiary/aromatic N) is 1. The number of fused-ring (bicyclic) bond motifs is 3. The standard InChI is InChI=1S/C27H32FN3/c1-6-31-26-16-20(30-18(4)5)12-14-22(26)21-13-11-19(29-17(2)3)15-24(21)27(31)23-9-7-8-10-25(23)28/h7-18,27,29-30H,6H2,1-5H3/i28-1. The number of rotatable bonds is 6. The van der Waals surface area contributed by atoms with Crippen molar-refractivity contribution in [2.24, 2.45) is 0 Å². The van der Waals surface area contributed by atoms with Crippen LogP contribution in [-0.4, -0.2) is 18.6 Å². The van der Waals surface area contributed by atoms with Gasteiger partial charge in [-0.05, 0) is 76.1 Å². The van der Waals surface area contributed by atoms with Gasteiger partial charge in [0.1, 0.15) is 5.82 Å². The highest BCUT2D eigenvalue weighted by atomic mass is 18.2. The van der Waals surface area contributed by atoms with Crippen molar-refractivity contribution in [3.63, 3.8) is 0 Å². The second-order valence-electron chi connectivity index (χ2n) is 8.84. The van der Waals surface area contributed by atoms with Crippen LogP contribution in [0.5, 0.6) is 0 Å². The Morgan fingerprint density at radius 1 is 0.806 bits per heavy atom. The number of hydrogen-bond donors (Lipinski definition) is 2. The lowest BCUT2D eigenvalue weighted by Crippen LogP contribution is -2.33. The number of hydrogen-bond acceptors (Lipinski definition) is 3. The number of nitrogens with one attached hydrogen (secondary N) is 2. The minimum Gasteiger partial charge on any atom is -0.383 e. The highest BCUT2D eigenvalue weighted by molar-refractivity contribution is 5.88. The molecule has 0 fully saturated rings. The normalized spacial score (nSPS) is 15.1. The highest BCUT2D eigenvalue weighted by Gasteiger charge is 2.33. The summed E-state index contributed by atoms with van der Waals surface area (Å²) >= 11 is 0. The van der Waals surface area contributed by atoms with E-state index in [4.69, 9.17) is 0 Å². The summed E-state index contributed by atoms with van der Waals surface area (Å²) in [6.07, 6.45) is 0. The van der Waals surface area contributed by atoms with Crippen LogP contribution in [0.25, 0.3) is 11.1 Å². The van der Waals surface area contributed by atoms with E-state index in [-0.39, 0.29) is 11.9 Å². The smallest absolute Gasteiger partial charge is 0.128 e. The molecule has 0 spiro atoms. The van der Waals surface area contributed by atoms with Gasteiger partial charge in [0.15, 0.2) is 0 Å². The van der Waals surface area contributed by atoms with Crippen molar-refractivity contribution in [1.29, 1.82) is 0 Å². The molecule has 1 unspecified atom stereocenters. The molecule has 0 radical (unpaired) electrons. The molecule has 1 heterocycles. The summed E-state index contributed by atoms with van der Waals surface area (Å²) in [6.45, 7) is 11.4. The van der Waals surface area contributed by atoms with Gasteiger partial charge in [-0.1, -0.05) is 30.3 Å². The first-order valence-corrected chi connectivity index (χ1v) is 11.2. The number of anilines is 3. The Hall–Kier alpha value is -3.01. The van der Waals surface area contributed by atoms with Crippen LogP contribution < -0.4 is 15.5 Å². The third-order valence-electron chi connectivity index (χ3n) is 5.71. The molecule has 3 nitrogen and oxygen atoms in total. The van der Waals surface area contributed by atoms with E-state index in [1.54, 1.807) is 12.1 Å². The average molecular weight is 417 g/mol. The van der Waals surface area contributed by atoms with Crippen molar-refractivity contribution in [3.05, 3.63) is 77.6 Å². The molecule has 162 valence electrons. The topological polar surface area (TPSA) is 27.3 Å². The average Bonchev–Trinajstić information content (AvgIpc) is 2.72. The molecule has 0 saturated carbocycles. The van der Waals surface area contributed by atoms with Gasteiger partial charge in [-0.15, -0.1) is 0 Å². The molecule has 1 atom stereocenters. The van der Waals surface area contributed by atoms with E-state index >= 15 is 4.39 Å². The number of halogens is 1. The van der Waals surface area contributed by atoms with Crippen molar-refractivity contribution in [2.45, 2.75) is 52.7 Å². The maximum atomic E-state index is 15.1. The predicted molar refractivity (Wildman–Crippen MR) is 131 cm³/mol. The van der Waals surface area contributed by atoms with Gasteiger partial charge in [-0.25, -0.2) is 4.39 Å². The first-order chi connectivity index (χ1) is 14.9. The molecular formula is C27H32FN3. The fourth-order valence-corrected chi connectivity index (χ4v) is 4.57. The van der Waals surface area contributed by atoms with Gasteiger partial charge in [0.25, 0.3) is 0 Å². The Bertz CT molecular complexity index is 1070. The Morgan fingerprint density at radius 3 is 2.03 bits per heavy atom. The lowest BCUT2D eigenvalue weighted by atomic mass is 9.84. The molecule has 4 heteroatoms. The van der Waals surface area contributed by atoms with Crippen LogP contribution in [-0.2, 0) is 0 Å². The summed E-state index contributed by atoms with van der Waals surface area (Å²) in [5, 5.41) is 7.02. The summed E-state index contributed by atoms with van der Waals surface area (Å²) in [5.41, 5.74) is 7.48. The molecule has 0 saturated heterocycles. The van der Waals surface area contributed by atoms with E-state index in [1.165, 1.54) is 11.1 Å². The maximum absolute atomic E-state index is 15.1. The van der Waals surface area contributed by atoms with Gasteiger partial charge in [-0.2, -0.15) is 0 Å². The van der Waals surface area contributed by atoms with E-state index < -0.39 is 0 Å². The molecule has 0 aromatic heterocycles. The Balaban J connectivity index is 1.94. The van der Waals surface area contributed by atoms with Crippen molar-refractivity contribution in [2.75, 3.05) is 22.1 Å². The second-order valence-corrected chi connectivity index (χ2v) is 8.84. The van der Waals surface area contributed by atoms with Crippen LogP contribution in [0.3, 0.4) is 0 Å². The van der Waals surface area contributed by atoms with Crippen LogP contribution >= 0.6 is 0 Å². The van der Waals surface area contributed by atoms with E-state index in [0.717, 1.165) is 29.2 Å². The summed E-state index contributed by atoms with van der Waals surface area (Å²) in [4.78, 5) is 2.32. The molecule has 2 N–H and O–H groups in total. The van der Waals surface area contributed by atoms with Crippen molar-refractivity contribution < 1.29 is 4.39 Å². The highest BCUT2D eigenvalue weighted by Crippen LogP contribution is 2.49. The summed E-state index contributed by atoms with van der Waals surface area (Å²) in [5.74, 6) is -0.168. The van der Waals surface area contributed by atoms with Crippen LogP contribution in [0.4, 0.5) is 21.5 Å². The third kappa shape index (κ3) is 4.12. The largest absolute Gasteiger partial charge is 0.383 e. The summed E-state index contributed by atoms with van der Waals surface area (Å²) in [6, 6.07) is 20.7. The molecule has 31 heavy (non-hydrogen) atoms. The minimum atomic E-state index is -0.183. The maximum Gasteiger partial charge on any atom is 0.128 e. The van der Waals surface area contributed by atoms with Crippen LogP contribution in [0.15, 0.2) is 60.7 Å². The molecule has 3 aromatic rings.